The number of carbonyl (C=O) groups is 1. The van der Waals surface area contributed by atoms with E-state index in [1.807, 2.05) is 43.3 Å². The molecule has 0 fully saturated rings. The average Bonchev–Trinajstić information content (AvgIpc) is 3.15. The number of amides is 1. The van der Waals surface area contributed by atoms with Crippen LogP contribution < -0.4 is 10.6 Å². The van der Waals surface area contributed by atoms with Gasteiger partial charge in [0.1, 0.15) is 11.5 Å². The maximum atomic E-state index is 12.4. The Kier molecular flexibility index (Phi) is 5.86. The van der Waals surface area contributed by atoms with Gasteiger partial charge in [0, 0.05) is 17.3 Å². The summed E-state index contributed by atoms with van der Waals surface area (Å²) in [5.74, 6) is 0.929. The van der Waals surface area contributed by atoms with Gasteiger partial charge in [0.15, 0.2) is 0 Å². The normalized spacial score (nSPS) is 10.5. The number of hydrogen-bond acceptors (Lipinski definition) is 5. The second-order valence-corrected chi connectivity index (χ2v) is 6.22. The fourth-order valence-corrected chi connectivity index (χ4v) is 2.53. The van der Waals surface area contributed by atoms with Crippen LogP contribution in [0.5, 0.6) is 0 Å². The monoisotopic (exact) mass is 370 g/mol. The number of rotatable bonds is 7. The van der Waals surface area contributed by atoms with Crippen LogP contribution >= 0.6 is 11.6 Å². The van der Waals surface area contributed by atoms with E-state index in [1.165, 1.54) is 0 Å². The molecule has 1 aromatic carbocycles. The van der Waals surface area contributed by atoms with Crippen molar-refractivity contribution in [2.45, 2.75) is 19.9 Å². The number of nitrogens with zero attached hydrogens (tertiary/aromatic N) is 2. The summed E-state index contributed by atoms with van der Waals surface area (Å²) in [6, 6.07) is 12.9. The standard InChI is InChI=1S/C19H19ClN4O2/c1-13-11-17(24-19(23-13)22-12-16-3-2-10-26-16)18(25)21-9-8-14-4-6-15(20)7-5-14/h2-7,10-11H,8-9,12H2,1H3,(H,21,25)(H,22,23,24). The van der Waals surface area contributed by atoms with Gasteiger partial charge < -0.3 is 15.1 Å². The zero-order valence-corrected chi connectivity index (χ0v) is 15.1. The van der Waals surface area contributed by atoms with Crippen molar-refractivity contribution in [2.75, 3.05) is 11.9 Å². The van der Waals surface area contributed by atoms with Gasteiger partial charge in [-0.05, 0) is 49.2 Å². The molecule has 7 heteroatoms. The van der Waals surface area contributed by atoms with Gasteiger partial charge in [-0.2, -0.15) is 0 Å². The van der Waals surface area contributed by atoms with E-state index in [4.69, 9.17) is 16.0 Å². The van der Waals surface area contributed by atoms with Gasteiger partial charge in [-0.15, -0.1) is 0 Å². The van der Waals surface area contributed by atoms with E-state index in [9.17, 15) is 4.79 Å². The fraction of sp³-hybridized carbons (Fsp3) is 0.211. The molecule has 0 bridgehead atoms. The van der Waals surface area contributed by atoms with Crippen LogP contribution in [0.15, 0.2) is 53.1 Å². The second-order valence-electron chi connectivity index (χ2n) is 5.78. The highest BCUT2D eigenvalue weighted by Gasteiger charge is 2.10. The maximum Gasteiger partial charge on any atom is 0.270 e. The van der Waals surface area contributed by atoms with E-state index in [0.717, 1.165) is 17.7 Å². The molecule has 134 valence electrons. The molecular formula is C19H19ClN4O2. The topological polar surface area (TPSA) is 80.0 Å². The second kappa shape index (κ2) is 8.49. The van der Waals surface area contributed by atoms with Crippen LogP contribution in [0.3, 0.4) is 0 Å². The number of aromatic nitrogens is 2. The Hall–Kier alpha value is -2.86. The lowest BCUT2D eigenvalue weighted by Gasteiger charge is -2.08. The van der Waals surface area contributed by atoms with Crippen molar-refractivity contribution in [2.24, 2.45) is 0 Å². The van der Waals surface area contributed by atoms with Crippen molar-refractivity contribution in [3.8, 4) is 0 Å². The van der Waals surface area contributed by atoms with E-state index in [1.54, 1.807) is 12.3 Å². The molecule has 2 N–H and O–H groups in total. The van der Waals surface area contributed by atoms with E-state index in [2.05, 4.69) is 20.6 Å². The Morgan fingerprint density at radius 1 is 1.19 bits per heavy atom. The lowest BCUT2D eigenvalue weighted by molar-refractivity contribution is 0.0949. The number of aryl methyl sites for hydroxylation is 1. The van der Waals surface area contributed by atoms with Crippen molar-refractivity contribution in [3.63, 3.8) is 0 Å². The highest BCUT2D eigenvalue weighted by Crippen LogP contribution is 2.10. The maximum absolute atomic E-state index is 12.4. The van der Waals surface area contributed by atoms with E-state index < -0.39 is 0 Å². The zero-order chi connectivity index (χ0) is 18.4. The van der Waals surface area contributed by atoms with Gasteiger partial charge in [0.2, 0.25) is 5.95 Å². The van der Waals surface area contributed by atoms with Crippen LogP contribution in [0.4, 0.5) is 5.95 Å². The predicted octanol–water partition coefficient (Wildman–Crippen LogP) is 3.62. The third-order valence-electron chi connectivity index (χ3n) is 3.70. The number of benzene rings is 1. The molecule has 0 atom stereocenters. The minimum atomic E-state index is -0.231. The molecule has 0 aliphatic rings. The first kappa shape index (κ1) is 17.9. The zero-order valence-electron chi connectivity index (χ0n) is 14.3. The van der Waals surface area contributed by atoms with Crippen LogP contribution in [0, 0.1) is 6.92 Å². The van der Waals surface area contributed by atoms with Crippen LogP contribution in [-0.4, -0.2) is 22.4 Å². The lowest BCUT2D eigenvalue weighted by Crippen LogP contribution is -2.27. The minimum absolute atomic E-state index is 0.231. The Bertz CT molecular complexity index is 864. The van der Waals surface area contributed by atoms with Crippen LogP contribution in [0.25, 0.3) is 0 Å². The van der Waals surface area contributed by atoms with Gasteiger partial charge in [0.05, 0.1) is 12.8 Å². The number of nitrogens with one attached hydrogen (secondary N) is 2. The highest BCUT2D eigenvalue weighted by atomic mass is 35.5. The van der Waals surface area contributed by atoms with Crippen molar-refractivity contribution in [1.29, 1.82) is 0 Å². The van der Waals surface area contributed by atoms with Crippen molar-refractivity contribution in [1.82, 2.24) is 15.3 Å². The summed E-state index contributed by atoms with van der Waals surface area (Å²) in [6.45, 7) is 2.79. The summed E-state index contributed by atoms with van der Waals surface area (Å²) < 4.78 is 5.26. The summed E-state index contributed by atoms with van der Waals surface area (Å²) in [5.41, 5.74) is 2.15. The largest absolute Gasteiger partial charge is 0.467 e. The third kappa shape index (κ3) is 5.07. The van der Waals surface area contributed by atoms with Crippen LogP contribution in [-0.2, 0) is 13.0 Å². The molecule has 3 rings (SSSR count). The van der Waals surface area contributed by atoms with E-state index in [0.29, 0.717) is 35.4 Å². The molecule has 2 aromatic heterocycles. The van der Waals surface area contributed by atoms with Gasteiger partial charge in [0.25, 0.3) is 5.91 Å². The fourth-order valence-electron chi connectivity index (χ4n) is 2.41. The molecule has 1 amide bonds. The molecule has 0 aliphatic heterocycles. The molecule has 0 aliphatic carbocycles. The molecule has 0 spiro atoms. The molecule has 2 heterocycles. The smallest absolute Gasteiger partial charge is 0.270 e. The molecule has 0 saturated heterocycles. The highest BCUT2D eigenvalue weighted by molar-refractivity contribution is 6.30. The Balaban J connectivity index is 1.56. The number of anilines is 1. The average molecular weight is 371 g/mol. The van der Waals surface area contributed by atoms with Crippen molar-refractivity contribution < 1.29 is 9.21 Å². The summed E-state index contributed by atoms with van der Waals surface area (Å²) in [4.78, 5) is 20.9. The van der Waals surface area contributed by atoms with Gasteiger partial charge >= 0.3 is 0 Å². The molecule has 0 radical (unpaired) electrons. The van der Waals surface area contributed by atoms with Crippen molar-refractivity contribution >= 4 is 23.5 Å². The van der Waals surface area contributed by atoms with E-state index >= 15 is 0 Å². The lowest BCUT2D eigenvalue weighted by atomic mass is 10.1. The molecular weight excluding hydrogens is 352 g/mol. The summed E-state index contributed by atoms with van der Waals surface area (Å²) in [7, 11) is 0. The SMILES string of the molecule is Cc1cc(C(=O)NCCc2ccc(Cl)cc2)nc(NCc2ccco2)n1. The molecule has 26 heavy (non-hydrogen) atoms. The molecule has 6 nitrogen and oxygen atoms in total. The number of furan rings is 1. The van der Waals surface area contributed by atoms with Crippen LogP contribution in [0.2, 0.25) is 5.02 Å². The number of halogens is 1. The van der Waals surface area contributed by atoms with E-state index in [-0.39, 0.29) is 5.91 Å². The molecule has 0 unspecified atom stereocenters. The minimum Gasteiger partial charge on any atom is -0.467 e. The summed E-state index contributed by atoms with van der Waals surface area (Å²) in [5, 5.41) is 6.64. The number of carbonyl (C=O) groups excluding carboxylic acids is 1. The van der Waals surface area contributed by atoms with Crippen molar-refractivity contribution in [3.05, 3.63) is 76.5 Å². The van der Waals surface area contributed by atoms with Crippen LogP contribution in [0.1, 0.15) is 27.5 Å². The quantitative estimate of drug-likeness (QED) is 0.664. The first-order valence-corrected chi connectivity index (χ1v) is 8.62. The third-order valence-corrected chi connectivity index (χ3v) is 3.95. The summed E-state index contributed by atoms with van der Waals surface area (Å²) in [6.07, 6.45) is 2.32. The van der Waals surface area contributed by atoms with Gasteiger partial charge in [-0.3, -0.25) is 4.79 Å². The van der Waals surface area contributed by atoms with Gasteiger partial charge in [-0.25, -0.2) is 9.97 Å². The molecule has 3 aromatic rings. The van der Waals surface area contributed by atoms with Gasteiger partial charge in [-0.1, -0.05) is 23.7 Å². The Morgan fingerprint density at radius 3 is 2.73 bits per heavy atom. The molecule has 0 saturated carbocycles. The Labute approximate surface area is 156 Å². The Morgan fingerprint density at radius 2 is 2.00 bits per heavy atom. The first-order valence-electron chi connectivity index (χ1n) is 8.25. The number of hydrogen-bond donors (Lipinski definition) is 2. The predicted molar refractivity (Wildman–Crippen MR) is 100 cm³/mol. The first-order chi connectivity index (χ1) is 12.6. The summed E-state index contributed by atoms with van der Waals surface area (Å²) >= 11 is 5.87.